The Morgan fingerprint density at radius 1 is 1.06 bits per heavy atom. The average Bonchev–Trinajstić information content (AvgIpc) is 3.22. The number of hydrogen-bond acceptors (Lipinski definition) is 4. The number of nitrogens with zero attached hydrogens (tertiary/aromatic N) is 1. The number of carbonyl (C=O) groups excluding carboxylic acids is 1. The molecule has 1 amide bonds. The van der Waals surface area contributed by atoms with E-state index in [2.05, 4.69) is 24.1 Å². The highest BCUT2D eigenvalue weighted by atomic mass is 35.5. The van der Waals surface area contributed by atoms with Gasteiger partial charge in [0.15, 0.2) is 5.58 Å². The second kappa shape index (κ2) is 10.1. The summed E-state index contributed by atoms with van der Waals surface area (Å²) in [7, 11) is 1.49. The molecule has 1 aromatic heterocycles. The second-order valence-corrected chi connectivity index (χ2v) is 9.18. The number of anilines is 1. The van der Waals surface area contributed by atoms with Crippen molar-refractivity contribution in [1.29, 1.82) is 0 Å². The van der Waals surface area contributed by atoms with Crippen LogP contribution < -0.4 is 10.1 Å². The zero-order chi connectivity index (χ0) is 24.4. The van der Waals surface area contributed by atoms with Crippen molar-refractivity contribution in [3.05, 3.63) is 80.8 Å². The van der Waals surface area contributed by atoms with E-state index < -0.39 is 5.91 Å². The third kappa shape index (κ3) is 5.22. The van der Waals surface area contributed by atoms with Gasteiger partial charge in [-0.1, -0.05) is 54.7 Å². The Morgan fingerprint density at radius 2 is 1.85 bits per heavy atom. The molecular formula is C26H21Cl3N2O3. The van der Waals surface area contributed by atoms with E-state index in [1.165, 1.54) is 18.7 Å². The summed E-state index contributed by atoms with van der Waals surface area (Å²) in [6.07, 6.45) is 2.91. The van der Waals surface area contributed by atoms with Gasteiger partial charge in [0, 0.05) is 22.2 Å². The lowest BCUT2D eigenvalue weighted by Gasteiger charge is -2.08. The van der Waals surface area contributed by atoms with Crippen LogP contribution in [0, 0.1) is 0 Å². The molecule has 1 heterocycles. The maximum absolute atomic E-state index is 12.6. The van der Waals surface area contributed by atoms with Crippen LogP contribution >= 0.6 is 34.8 Å². The van der Waals surface area contributed by atoms with Gasteiger partial charge in [-0.05, 0) is 60.0 Å². The van der Waals surface area contributed by atoms with Gasteiger partial charge in [0.1, 0.15) is 11.3 Å². The Kier molecular flexibility index (Phi) is 7.17. The van der Waals surface area contributed by atoms with E-state index in [4.69, 9.17) is 44.0 Å². The smallest absolute Gasteiger partial charge is 0.248 e. The molecule has 4 aromatic rings. The minimum absolute atomic E-state index is 0.352. The summed E-state index contributed by atoms with van der Waals surface area (Å²) in [5, 5.41) is 3.95. The number of carbonyl (C=O) groups is 1. The van der Waals surface area contributed by atoms with Crippen molar-refractivity contribution in [2.24, 2.45) is 0 Å². The standard InChI is InChI=1S/C26H21Cl3N2O3/c1-14(2)15-5-8-23-22(11-15)31-26(34-23)17-4-7-19(28)21(12-17)30-24(32)9-6-16-10-18(27)13-20(29)25(16)33-3/h4-14H,1-3H3,(H,30,32)/b9-6+. The van der Waals surface area contributed by atoms with Crippen LogP contribution in [-0.4, -0.2) is 18.0 Å². The monoisotopic (exact) mass is 514 g/mol. The van der Waals surface area contributed by atoms with Crippen molar-refractivity contribution in [2.75, 3.05) is 12.4 Å². The van der Waals surface area contributed by atoms with Gasteiger partial charge >= 0.3 is 0 Å². The number of ether oxygens (including phenoxy) is 1. The van der Waals surface area contributed by atoms with Gasteiger partial charge in [-0.3, -0.25) is 4.79 Å². The Labute approximate surface area is 212 Å². The molecule has 0 unspecified atom stereocenters. The fourth-order valence-corrected chi connectivity index (χ4v) is 4.19. The number of halogens is 3. The fourth-order valence-electron chi connectivity index (χ4n) is 3.44. The Hall–Kier alpha value is -2.99. The second-order valence-electron chi connectivity index (χ2n) is 7.93. The SMILES string of the molecule is COc1c(Cl)cc(Cl)cc1/C=C/C(=O)Nc1cc(-c2nc3cc(C(C)C)ccc3o2)ccc1Cl. The maximum atomic E-state index is 12.6. The third-order valence-electron chi connectivity index (χ3n) is 5.20. The van der Waals surface area contributed by atoms with E-state index in [1.54, 1.807) is 36.4 Å². The van der Waals surface area contributed by atoms with Crippen molar-refractivity contribution in [3.8, 4) is 17.2 Å². The summed E-state index contributed by atoms with van der Waals surface area (Å²) in [6.45, 7) is 4.25. The average molecular weight is 516 g/mol. The van der Waals surface area contributed by atoms with Gasteiger partial charge in [0.2, 0.25) is 11.8 Å². The molecule has 0 atom stereocenters. The molecule has 174 valence electrons. The minimum atomic E-state index is -0.392. The molecule has 0 fully saturated rings. The van der Waals surface area contributed by atoms with Gasteiger partial charge in [0.05, 0.1) is 22.8 Å². The number of oxazole rings is 1. The highest BCUT2D eigenvalue weighted by Gasteiger charge is 2.13. The van der Waals surface area contributed by atoms with Crippen LogP contribution in [0.5, 0.6) is 5.75 Å². The molecule has 34 heavy (non-hydrogen) atoms. The zero-order valence-electron chi connectivity index (χ0n) is 18.7. The van der Waals surface area contributed by atoms with Crippen molar-refractivity contribution < 1.29 is 13.9 Å². The number of rotatable bonds is 6. The predicted octanol–water partition coefficient (Wildman–Crippen LogP) is 8.24. The number of fused-ring (bicyclic) bond motifs is 1. The molecule has 4 rings (SSSR count). The summed E-state index contributed by atoms with van der Waals surface area (Å²) >= 11 is 18.5. The molecule has 0 aliphatic heterocycles. The van der Waals surface area contributed by atoms with Crippen LogP contribution in [0.15, 0.2) is 59.0 Å². The zero-order valence-corrected chi connectivity index (χ0v) is 20.9. The summed E-state index contributed by atoms with van der Waals surface area (Å²) in [6, 6.07) is 14.4. The van der Waals surface area contributed by atoms with Gasteiger partial charge in [0.25, 0.3) is 0 Å². The number of hydrogen-bond donors (Lipinski definition) is 1. The summed E-state index contributed by atoms with van der Waals surface area (Å²) in [5.41, 5.74) is 4.34. The first-order valence-electron chi connectivity index (χ1n) is 10.5. The molecule has 0 saturated carbocycles. The molecule has 5 nitrogen and oxygen atoms in total. The first-order valence-corrected chi connectivity index (χ1v) is 11.6. The van der Waals surface area contributed by atoms with Crippen molar-refractivity contribution in [1.82, 2.24) is 4.98 Å². The van der Waals surface area contributed by atoms with E-state index in [-0.39, 0.29) is 0 Å². The molecule has 8 heteroatoms. The quantitative estimate of drug-likeness (QED) is 0.263. The maximum Gasteiger partial charge on any atom is 0.248 e. The highest BCUT2D eigenvalue weighted by molar-refractivity contribution is 6.36. The summed E-state index contributed by atoms with van der Waals surface area (Å²) in [5.74, 6) is 0.859. The molecular weight excluding hydrogens is 495 g/mol. The van der Waals surface area contributed by atoms with E-state index in [0.717, 1.165) is 5.52 Å². The molecule has 1 N–H and O–H groups in total. The van der Waals surface area contributed by atoms with Crippen molar-refractivity contribution in [2.45, 2.75) is 19.8 Å². The third-order valence-corrected chi connectivity index (χ3v) is 6.03. The van der Waals surface area contributed by atoms with Crippen LogP contribution in [0.1, 0.15) is 30.9 Å². The number of aromatic nitrogens is 1. The minimum Gasteiger partial charge on any atom is -0.495 e. The van der Waals surface area contributed by atoms with Crippen LogP contribution in [0.2, 0.25) is 15.1 Å². The molecule has 0 aliphatic carbocycles. The van der Waals surface area contributed by atoms with Crippen LogP contribution in [0.25, 0.3) is 28.6 Å². The van der Waals surface area contributed by atoms with Gasteiger partial charge < -0.3 is 14.5 Å². The number of amides is 1. The van der Waals surface area contributed by atoms with Crippen LogP contribution in [-0.2, 0) is 4.79 Å². The lowest BCUT2D eigenvalue weighted by molar-refractivity contribution is -0.111. The molecule has 0 bridgehead atoms. The van der Waals surface area contributed by atoms with Crippen LogP contribution in [0.4, 0.5) is 5.69 Å². The van der Waals surface area contributed by atoms with E-state index in [9.17, 15) is 4.79 Å². The normalized spacial score (nSPS) is 11.5. The van der Waals surface area contributed by atoms with Gasteiger partial charge in [-0.25, -0.2) is 4.98 Å². The molecule has 3 aromatic carbocycles. The van der Waals surface area contributed by atoms with Gasteiger partial charge in [-0.15, -0.1) is 0 Å². The molecule has 0 spiro atoms. The number of nitrogens with one attached hydrogen (secondary N) is 1. The Balaban J connectivity index is 1.58. The van der Waals surface area contributed by atoms with Crippen molar-refractivity contribution >= 4 is 63.6 Å². The van der Waals surface area contributed by atoms with E-state index >= 15 is 0 Å². The number of benzene rings is 3. The first-order chi connectivity index (χ1) is 16.2. The Bertz CT molecular complexity index is 1410. The predicted molar refractivity (Wildman–Crippen MR) is 139 cm³/mol. The van der Waals surface area contributed by atoms with E-state index in [0.29, 0.717) is 55.0 Å². The first kappa shape index (κ1) is 24.1. The molecule has 0 aliphatic rings. The topological polar surface area (TPSA) is 64.4 Å². The molecule has 0 radical (unpaired) electrons. The van der Waals surface area contributed by atoms with Crippen molar-refractivity contribution in [3.63, 3.8) is 0 Å². The number of methoxy groups -OCH3 is 1. The lowest BCUT2D eigenvalue weighted by atomic mass is 10.0. The molecule has 0 saturated heterocycles. The lowest BCUT2D eigenvalue weighted by Crippen LogP contribution is -2.08. The van der Waals surface area contributed by atoms with Gasteiger partial charge in [-0.2, -0.15) is 0 Å². The fraction of sp³-hybridized carbons (Fsp3) is 0.154. The van der Waals surface area contributed by atoms with Crippen LogP contribution in [0.3, 0.4) is 0 Å². The summed E-state index contributed by atoms with van der Waals surface area (Å²) in [4.78, 5) is 17.2. The van der Waals surface area contributed by atoms with E-state index in [1.807, 2.05) is 18.2 Å². The Morgan fingerprint density at radius 3 is 2.59 bits per heavy atom. The highest BCUT2D eigenvalue weighted by Crippen LogP contribution is 2.34. The summed E-state index contributed by atoms with van der Waals surface area (Å²) < 4.78 is 11.2. The largest absolute Gasteiger partial charge is 0.495 e.